The fourth-order valence-corrected chi connectivity index (χ4v) is 4.05. The zero-order chi connectivity index (χ0) is 19.0. The highest BCUT2D eigenvalue weighted by molar-refractivity contribution is 5.69. The van der Waals surface area contributed by atoms with Crippen LogP contribution in [0.4, 0.5) is 4.79 Å². The summed E-state index contributed by atoms with van der Waals surface area (Å²) in [4.78, 5) is 15.1. The van der Waals surface area contributed by atoms with Crippen LogP contribution in [-0.2, 0) is 17.9 Å². The van der Waals surface area contributed by atoms with Crippen LogP contribution in [0.5, 0.6) is 0 Å². The molecule has 0 aromatic heterocycles. The van der Waals surface area contributed by atoms with Gasteiger partial charge < -0.3 is 4.74 Å². The zero-order valence-electron chi connectivity index (χ0n) is 16.0. The normalized spacial score (nSPS) is 15.7. The second-order valence-corrected chi connectivity index (χ2v) is 7.39. The van der Waals surface area contributed by atoms with Crippen molar-refractivity contribution in [1.29, 1.82) is 0 Å². The molecule has 0 spiro atoms. The molecular weight excluding hydrogens is 334 g/mol. The first-order valence-electron chi connectivity index (χ1n) is 9.87. The summed E-state index contributed by atoms with van der Waals surface area (Å²) in [6.07, 6.45) is 8.06. The number of ether oxygens (including phenoxy) is 1. The Bertz CT molecular complexity index is 721. The maximum Gasteiger partial charge on any atom is 0.410 e. The number of nitrogens with zero attached hydrogens (tertiary/aromatic N) is 1. The molecule has 0 atom stereocenters. The van der Waals surface area contributed by atoms with Crippen molar-refractivity contribution in [3.05, 3.63) is 84.4 Å². The lowest BCUT2D eigenvalue weighted by Crippen LogP contribution is -2.52. The van der Waals surface area contributed by atoms with Gasteiger partial charge in [0.2, 0.25) is 0 Å². The van der Waals surface area contributed by atoms with E-state index in [1.165, 1.54) is 6.42 Å². The van der Waals surface area contributed by atoms with Gasteiger partial charge in [0.1, 0.15) is 6.61 Å². The monoisotopic (exact) mass is 363 g/mol. The van der Waals surface area contributed by atoms with E-state index in [1.807, 2.05) is 59.5 Å². The van der Waals surface area contributed by atoms with Gasteiger partial charge in [0.15, 0.2) is 0 Å². The quantitative estimate of drug-likeness (QED) is 0.556. The molecule has 1 fully saturated rings. The summed E-state index contributed by atoms with van der Waals surface area (Å²) < 4.78 is 5.74. The van der Waals surface area contributed by atoms with Crippen molar-refractivity contribution in [3.63, 3.8) is 0 Å². The largest absolute Gasteiger partial charge is 0.445 e. The highest BCUT2D eigenvalue weighted by atomic mass is 16.6. The second-order valence-electron chi connectivity index (χ2n) is 7.39. The summed E-state index contributed by atoms with van der Waals surface area (Å²) in [5, 5.41) is 0. The molecule has 1 amide bonds. The van der Waals surface area contributed by atoms with Crippen molar-refractivity contribution in [2.45, 2.75) is 57.2 Å². The Kier molecular flexibility index (Phi) is 6.69. The number of hydrogen-bond donors (Lipinski definition) is 0. The Hall–Kier alpha value is -2.55. The van der Waals surface area contributed by atoms with E-state index in [0.717, 1.165) is 43.2 Å². The Morgan fingerprint density at radius 3 is 2.15 bits per heavy atom. The third-order valence-electron chi connectivity index (χ3n) is 5.49. The van der Waals surface area contributed by atoms with Crippen LogP contribution in [0.2, 0.25) is 0 Å². The molecule has 3 heteroatoms. The molecule has 0 heterocycles. The molecule has 3 nitrogen and oxygen atoms in total. The van der Waals surface area contributed by atoms with Gasteiger partial charge in [-0.3, -0.25) is 4.90 Å². The summed E-state index contributed by atoms with van der Waals surface area (Å²) in [6.45, 7) is 4.84. The minimum Gasteiger partial charge on any atom is -0.445 e. The third-order valence-corrected chi connectivity index (χ3v) is 5.49. The van der Waals surface area contributed by atoms with Crippen LogP contribution in [0.3, 0.4) is 0 Å². The molecule has 1 aliphatic carbocycles. The maximum absolute atomic E-state index is 13.2. The molecule has 142 valence electrons. The number of carbonyl (C=O) groups is 1. The van der Waals surface area contributed by atoms with Gasteiger partial charge in [0, 0.05) is 6.54 Å². The van der Waals surface area contributed by atoms with Gasteiger partial charge in [-0.25, -0.2) is 4.79 Å². The van der Waals surface area contributed by atoms with Crippen molar-refractivity contribution in [2.24, 2.45) is 0 Å². The van der Waals surface area contributed by atoms with Gasteiger partial charge in [-0.15, -0.1) is 6.58 Å². The predicted octanol–water partition coefficient (Wildman–Crippen LogP) is 6.10. The molecule has 2 aromatic carbocycles. The van der Waals surface area contributed by atoms with E-state index in [2.05, 4.69) is 18.7 Å². The molecule has 1 saturated carbocycles. The highest BCUT2D eigenvalue weighted by Gasteiger charge is 2.40. The summed E-state index contributed by atoms with van der Waals surface area (Å²) in [5.74, 6) is 0. The highest BCUT2D eigenvalue weighted by Crippen LogP contribution is 2.38. The summed E-state index contributed by atoms with van der Waals surface area (Å²) in [6, 6.07) is 20.0. The van der Waals surface area contributed by atoms with Gasteiger partial charge in [0.25, 0.3) is 0 Å². The molecule has 0 bridgehead atoms. The Labute approximate surface area is 162 Å². The molecule has 0 N–H and O–H groups in total. The Morgan fingerprint density at radius 2 is 1.56 bits per heavy atom. The number of rotatable bonds is 7. The molecule has 0 aliphatic heterocycles. The lowest BCUT2D eigenvalue weighted by molar-refractivity contribution is 0.0223. The first-order valence-corrected chi connectivity index (χ1v) is 9.87. The van der Waals surface area contributed by atoms with Gasteiger partial charge in [0.05, 0.1) is 5.54 Å². The van der Waals surface area contributed by atoms with Crippen molar-refractivity contribution < 1.29 is 9.53 Å². The number of carbonyl (C=O) groups excluding carboxylic acids is 1. The van der Waals surface area contributed by atoms with Crippen molar-refractivity contribution in [3.8, 4) is 0 Å². The van der Waals surface area contributed by atoms with Gasteiger partial charge >= 0.3 is 6.09 Å². The lowest BCUT2D eigenvalue weighted by atomic mass is 9.77. The smallest absolute Gasteiger partial charge is 0.410 e. The van der Waals surface area contributed by atoms with Gasteiger partial charge in [-0.05, 0) is 30.4 Å². The van der Waals surface area contributed by atoms with Crippen molar-refractivity contribution in [2.75, 3.05) is 0 Å². The van der Waals surface area contributed by atoms with Crippen LogP contribution < -0.4 is 0 Å². The molecule has 0 radical (unpaired) electrons. The fraction of sp³-hybridized carbons (Fsp3) is 0.375. The van der Waals surface area contributed by atoms with Crippen LogP contribution in [0.25, 0.3) is 0 Å². The molecule has 2 aromatic rings. The predicted molar refractivity (Wildman–Crippen MR) is 109 cm³/mol. The Balaban J connectivity index is 1.81. The minimum absolute atomic E-state index is 0.191. The third kappa shape index (κ3) is 5.00. The summed E-state index contributed by atoms with van der Waals surface area (Å²) in [7, 11) is 0. The standard InChI is InChI=1S/C24H29NO2/c1-2-16-24(17-10-5-11-18-24)25(19-21-12-6-3-7-13-21)23(26)27-20-22-14-8-4-9-15-22/h2-4,6-9,12-15H,1,5,10-11,16-20H2. The molecule has 1 aliphatic rings. The average Bonchev–Trinajstić information content (AvgIpc) is 2.72. The van der Waals surface area contributed by atoms with E-state index < -0.39 is 0 Å². The van der Waals surface area contributed by atoms with Crippen LogP contribution in [-0.4, -0.2) is 16.5 Å². The van der Waals surface area contributed by atoms with Gasteiger partial charge in [-0.2, -0.15) is 0 Å². The first kappa shape index (κ1) is 19.2. The lowest BCUT2D eigenvalue weighted by Gasteiger charge is -2.45. The molecule has 0 saturated heterocycles. The number of amides is 1. The zero-order valence-corrected chi connectivity index (χ0v) is 16.0. The van der Waals surface area contributed by atoms with E-state index in [1.54, 1.807) is 0 Å². The van der Waals surface area contributed by atoms with Crippen molar-refractivity contribution in [1.82, 2.24) is 4.90 Å². The second kappa shape index (κ2) is 9.40. The van der Waals surface area contributed by atoms with Crippen molar-refractivity contribution >= 4 is 6.09 Å². The van der Waals surface area contributed by atoms with E-state index in [9.17, 15) is 4.79 Å². The fourth-order valence-electron chi connectivity index (χ4n) is 4.05. The minimum atomic E-state index is -0.230. The summed E-state index contributed by atoms with van der Waals surface area (Å²) in [5.41, 5.74) is 1.94. The van der Waals surface area contributed by atoms with E-state index in [4.69, 9.17) is 4.74 Å². The van der Waals surface area contributed by atoms with Crippen LogP contribution in [0.15, 0.2) is 73.3 Å². The average molecular weight is 364 g/mol. The molecule has 27 heavy (non-hydrogen) atoms. The first-order chi connectivity index (χ1) is 13.2. The maximum atomic E-state index is 13.2. The summed E-state index contributed by atoms with van der Waals surface area (Å²) >= 11 is 0. The van der Waals surface area contributed by atoms with E-state index >= 15 is 0 Å². The molecule has 0 unspecified atom stereocenters. The topological polar surface area (TPSA) is 29.5 Å². The van der Waals surface area contributed by atoms with Gasteiger partial charge in [-0.1, -0.05) is 86.0 Å². The number of benzene rings is 2. The van der Waals surface area contributed by atoms with Crippen LogP contribution in [0, 0.1) is 0 Å². The van der Waals surface area contributed by atoms with E-state index in [-0.39, 0.29) is 11.6 Å². The van der Waals surface area contributed by atoms with Crippen LogP contribution >= 0.6 is 0 Å². The molecular formula is C24H29NO2. The number of hydrogen-bond acceptors (Lipinski definition) is 2. The SMILES string of the molecule is C=CCC1(N(Cc2ccccc2)C(=O)OCc2ccccc2)CCCCC1. The van der Waals surface area contributed by atoms with E-state index in [0.29, 0.717) is 13.2 Å². The molecule has 3 rings (SSSR count). The van der Waals surface area contributed by atoms with Crippen LogP contribution in [0.1, 0.15) is 49.7 Å². The Morgan fingerprint density at radius 1 is 0.963 bits per heavy atom.